The molecular formula is C26H42N4O2. The molecule has 1 aromatic carbocycles. The molecule has 1 aliphatic rings. The van der Waals surface area contributed by atoms with Crippen molar-refractivity contribution in [2.75, 3.05) is 40.3 Å². The average molecular weight is 443 g/mol. The molecule has 0 atom stereocenters. The smallest absolute Gasteiger partial charge is 0.323 e. The fourth-order valence-corrected chi connectivity index (χ4v) is 4.30. The lowest BCUT2D eigenvalue weighted by Crippen LogP contribution is -2.43. The van der Waals surface area contributed by atoms with Gasteiger partial charge in [-0.3, -0.25) is 9.89 Å². The van der Waals surface area contributed by atoms with Crippen LogP contribution < -0.4 is 4.74 Å². The van der Waals surface area contributed by atoms with Crippen molar-refractivity contribution in [3.63, 3.8) is 0 Å². The van der Waals surface area contributed by atoms with E-state index < -0.39 is 0 Å². The fourth-order valence-electron chi connectivity index (χ4n) is 4.30. The summed E-state index contributed by atoms with van der Waals surface area (Å²) >= 11 is 0. The minimum absolute atomic E-state index is 0.0123. The molecule has 0 N–H and O–H groups in total. The SMILES string of the molecule is C=NC(=CN(C)C(=O)N(C)C1CCCCC1)c1ccc(OCCN(CCC)CCC)cc1. The summed E-state index contributed by atoms with van der Waals surface area (Å²) in [6.45, 7) is 11.9. The molecule has 0 aliphatic heterocycles. The minimum atomic E-state index is -0.0123. The van der Waals surface area contributed by atoms with Gasteiger partial charge in [-0.25, -0.2) is 4.79 Å². The van der Waals surface area contributed by atoms with Gasteiger partial charge in [0.2, 0.25) is 0 Å². The Balaban J connectivity index is 1.94. The number of hydrogen-bond acceptors (Lipinski definition) is 4. The predicted molar refractivity (Wildman–Crippen MR) is 134 cm³/mol. The van der Waals surface area contributed by atoms with Crippen LogP contribution in [0.15, 0.2) is 35.5 Å². The topological polar surface area (TPSA) is 48.4 Å². The molecule has 2 rings (SSSR count). The summed E-state index contributed by atoms with van der Waals surface area (Å²) in [5.41, 5.74) is 1.58. The van der Waals surface area contributed by atoms with Crippen LogP contribution in [-0.2, 0) is 0 Å². The van der Waals surface area contributed by atoms with E-state index in [4.69, 9.17) is 4.74 Å². The standard InChI is InChI=1S/C26H42N4O2/c1-6-17-30(18-7-2)19-20-32-24-15-13-22(14-16-24)25(27-3)21-28(4)26(31)29(5)23-11-9-8-10-12-23/h13-16,21,23H,3,6-12,17-20H2,1-2,4-5H3. The average Bonchev–Trinajstić information content (AvgIpc) is 2.82. The lowest BCUT2D eigenvalue weighted by Gasteiger charge is -2.33. The van der Waals surface area contributed by atoms with Crippen LogP contribution in [0, 0.1) is 0 Å². The molecule has 178 valence electrons. The third-order valence-electron chi connectivity index (χ3n) is 6.12. The number of nitrogens with zero attached hydrogens (tertiary/aromatic N) is 4. The van der Waals surface area contributed by atoms with Gasteiger partial charge in [-0.1, -0.05) is 33.1 Å². The van der Waals surface area contributed by atoms with Crippen LogP contribution in [-0.4, -0.2) is 73.8 Å². The van der Waals surface area contributed by atoms with Gasteiger partial charge >= 0.3 is 6.03 Å². The predicted octanol–water partition coefficient (Wildman–Crippen LogP) is 5.50. The molecule has 0 spiro atoms. The summed E-state index contributed by atoms with van der Waals surface area (Å²) in [6, 6.07) is 8.16. The second-order valence-corrected chi connectivity index (χ2v) is 8.68. The number of aliphatic imine (C=N–C) groups is 1. The van der Waals surface area contributed by atoms with E-state index in [0.717, 1.165) is 56.6 Å². The summed E-state index contributed by atoms with van der Waals surface area (Å²) < 4.78 is 5.94. The van der Waals surface area contributed by atoms with Gasteiger partial charge in [0, 0.05) is 38.4 Å². The molecule has 6 heteroatoms. The van der Waals surface area contributed by atoms with Crippen molar-refractivity contribution in [3.8, 4) is 5.75 Å². The normalized spacial score (nSPS) is 15.0. The van der Waals surface area contributed by atoms with Gasteiger partial charge in [0.25, 0.3) is 0 Å². The number of urea groups is 1. The number of amides is 2. The molecule has 0 saturated heterocycles. The summed E-state index contributed by atoms with van der Waals surface area (Å²) in [5, 5.41) is 0. The van der Waals surface area contributed by atoms with Crippen LogP contribution in [0.25, 0.3) is 5.70 Å². The Hall–Kier alpha value is -2.34. The van der Waals surface area contributed by atoms with E-state index in [0.29, 0.717) is 18.3 Å². The number of hydrogen-bond donors (Lipinski definition) is 0. The van der Waals surface area contributed by atoms with E-state index in [1.54, 1.807) is 18.1 Å². The Bertz CT molecular complexity index is 720. The number of ether oxygens (including phenoxy) is 1. The zero-order valence-corrected chi connectivity index (χ0v) is 20.6. The summed E-state index contributed by atoms with van der Waals surface area (Å²) in [7, 11) is 3.68. The summed E-state index contributed by atoms with van der Waals surface area (Å²) in [5.74, 6) is 0.839. The lowest BCUT2D eigenvalue weighted by molar-refractivity contribution is 0.154. The highest BCUT2D eigenvalue weighted by Crippen LogP contribution is 2.24. The molecule has 0 unspecified atom stereocenters. The van der Waals surface area contributed by atoms with Gasteiger partial charge in [-0.05, 0) is 69.8 Å². The van der Waals surface area contributed by atoms with Gasteiger partial charge < -0.3 is 14.5 Å². The van der Waals surface area contributed by atoms with E-state index in [1.807, 2.05) is 36.2 Å². The number of carbonyl (C=O) groups is 1. The second-order valence-electron chi connectivity index (χ2n) is 8.68. The molecule has 1 aromatic rings. The maximum Gasteiger partial charge on any atom is 0.323 e. The highest BCUT2D eigenvalue weighted by Gasteiger charge is 2.24. The van der Waals surface area contributed by atoms with E-state index in [1.165, 1.54) is 19.3 Å². The second kappa shape index (κ2) is 13.9. The van der Waals surface area contributed by atoms with Gasteiger partial charge in [-0.15, -0.1) is 0 Å². The van der Waals surface area contributed by atoms with Crippen molar-refractivity contribution in [2.24, 2.45) is 4.99 Å². The summed E-state index contributed by atoms with van der Waals surface area (Å²) in [4.78, 5) is 22.9. The largest absolute Gasteiger partial charge is 0.492 e. The van der Waals surface area contributed by atoms with Crippen LogP contribution in [0.3, 0.4) is 0 Å². The third kappa shape index (κ3) is 7.97. The molecule has 0 heterocycles. The van der Waals surface area contributed by atoms with E-state index >= 15 is 0 Å². The van der Waals surface area contributed by atoms with Crippen LogP contribution >= 0.6 is 0 Å². The molecule has 32 heavy (non-hydrogen) atoms. The molecule has 2 amide bonds. The van der Waals surface area contributed by atoms with E-state index in [-0.39, 0.29) is 6.03 Å². The number of benzene rings is 1. The van der Waals surface area contributed by atoms with E-state index in [2.05, 4.69) is 30.5 Å². The number of rotatable bonds is 12. The van der Waals surface area contributed by atoms with Gasteiger partial charge in [-0.2, -0.15) is 0 Å². The first kappa shape index (κ1) is 25.9. The van der Waals surface area contributed by atoms with Crippen LogP contribution in [0.5, 0.6) is 5.75 Å². The highest BCUT2D eigenvalue weighted by molar-refractivity contribution is 5.78. The van der Waals surface area contributed by atoms with Crippen LogP contribution in [0.1, 0.15) is 64.4 Å². The molecule has 0 bridgehead atoms. The van der Waals surface area contributed by atoms with Crippen LogP contribution in [0.4, 0.5) is 4.79 Å². The molecule has 0 aromatic heterocycles. The minimum Gasteiger partial charge on any atom is -0.492 e. The number of carbonyl (C=O) groups excluding carboxylic acids is 1. The van der Waals surface area contributed by atoms with Crippen molar-refractivity contribution in [2.45, 2.75) is 64.8 Å². The zero-order chi connectivity index (χ0) is 23.3. The van der Waals surface area contributed by atoms with Crippen molar-refractivity contribution in [3.05, 3.63) is 36.0 Å². The zero-order valence-electron chi connectivity index (χ0n) is 20.6. The Morgan fingerprint density at radius 3 is 2.25 bits per heavy atom. The Morgan fingerprint density at radius 1 is 1.06 bits per heavy atom. The van der Waals surface area contributed by atoms with Crippen molar-refractivity contribution in [1.82, 2.24) is 14.7 Å². The molecule has 6 nitrogen and oxygen atoms in total. The Kier molecular flexibility index (Phi) is 11.3. The summed E-state index contributed by atoms with van der Waals surface area (Å²) in [6.07, 6.45) is 9.92. The first-order valence-corrected chi connectivity index (χ1v) is 12.1. The molecule has 1 fully saturated rings. The Morgan fingerprint density at radius 2 is 1.69 bits per heavy atom. The lowest BCUT2D eigenvalue weighted by atomic mass is 9.95. The van der Waals surface area contributed by atoms with Crippen molar-refractivity contribution < 1.29 is 9.53 Å². The van der Waals surface area contributed by atoms with Crippen LogP contribution in [0.2, 0.25) is 0 Å². The van der Waals surface area contributed by atoms with E-state index in [9.17, 15) is 4.79 Å². The van der Waals surface area contributed by atoms with Crippen molar-refractivity contribution in [1.29, 1.82) is 0 Å². The van der Waals surface area contributed by atoms with Gasteiger partial charge in [0.15, 0.2) is 0 Å². The molecule has 1 aliphatic carbocycles. The highest BCUT2D eigenvalue weighted by atomic mass is 16.5. The monoisotopic (exact) mass is 442 g/mol. The first-order valence-electron chi connectivity index (χ1n) is 12.1. The van der Waals surface area contributed by atoms with Gasteiger partial charge in [0.1, 0.15) is 12.4 Å². The van der Waals surface area contributed by atoms with Crippen molar-refractivity contribution >= 4 is 18.4 Å². The quantitative estimate of drug-likeness (QED) is 0.402. The van der Waals surface area contributed by atoms with Gasteiger partial charge in [0.05, 0.1) is 5.70 Å². The molecular weight excluding hydrogens is 400 g/mol. The molecule has 1 saturated carbocycles. The fraction of sp³-hybridized carbons (Fsp3) is 0.615. The first-order chi connectivity index (χ1) is 15.5. The third-order valence-corrected chi connectivity index (χ3v) is 6.12. The molecule has 0 radical (unpaired) electrons. The maximum absolute atomic E-state index is 12.9. The Labute approximate surface area is 194 Å². The maximum atomic E-state index is 12.9.